The van der Waals surface area contributed by atoms with Gasteiger partial charge in [-0.05, 0) is 42.5 Å². The fraction of sp³-hybridized carbons (Fsp3) is 0.0588. The molecule has 2 N–H and O–H groups in total. The van der Waals surface area contributed by atoms with Crippen molar-refractivity contribution in [1.29, 1.82) is 0 Å². The summed E-state index contributed by atoms with van der Waals surface area (Å²) in [6, 6.07) is 12.5. The molecule has 0 saturated heterocycles. The lowest BCUT2D eigenvalue weighted by atomic mass is 10.1. The van der Waals surface area contributed by atoms with Crippen molar-refractivity contribution in [2.24, 2.45) is 0 Å². The number of aromatic amines is 1. The summed E-state index contributed by atoms with van der Waals surface area (Å²) in [6.45, 7) is 0. The lowest BCUT2D eigenvalue weighted by Crippen LogP contribution is -2.11. The molecule has 1 heterocycles. The number of ether oxygens (including phenoxy) is 1. The highest BCUT2D eigenvalue weighted by molar-refractivity contribution is 6.30. The van der Waals surface area contributed by atoms with Gasteiger partial charge >= 0.3 is 0 Å². The number of nitrogens with zero attached hydrogens (tertiary/aromatic N) is 1. The Balaban J connectivity index is 1.96. The lowest BCUT2D eigenvalue weighted by Gasteiger charge is -2.09. The van der Waals surface area contributed by atoms with E-state index in [-0.39, 0.29) is 17.2 Å². The fourth-order valence-corrected chi connectivity index (χ4v) is 2.32. The summed E-state index contributed by atoms with van der Waals surface area (Å²) in [6.07, 6.45) is 0. The summed E-state index contributed by atoms with van der Waals surface area (Å²) in [5.74, 6) is 0.314. The lowest BCUT2D eigenvalue weighted by molar-refractivity contribution is 0.415. The van der Waals surface area contributed by atoms with E-state index in [0.717, 1.165) is 5.56 Å². The second-order valence-corrected chi connectivity index (χ2v) is 5.39. The maximum Gasteiger partial charge on any atom is 0.252 e. The number of nitrogens with one attached hydrogen (secondary N) is 2. The van der Waals surface area contributed by atoms with Crippen molar-refractivity contribution in [2.75, 3.05) is 12.4 Å². The molecule has 0 fully saturated rings. The van der Waals surface area contributed by atoms with Gasteiger partial charge in [0.05, 0.1) is 18.5 Å². The van der Waals surface area contributed by atoms with Gasteiger partial charge in [0.2, 0.25) is 5.95 Å². The number of methoxy groups -OCH3 is 1. The summed E-state index contributed by atoms with van der Waals surface area (Å²) in [7, 11) is 1.57. The molecule has 0 spiro atoms. The van der Waals surface area contributed by atoms with Crippen LogP contribution >= 0.6 is 11.6 Å². The molecule has 2 aromatic carbocycles. The summed E-state index contributed by atoms with van der Waals surface area (Å²) >= 11 is 5.86. The molecule has 3 rings (SSSR count). The molecule has 0 radical (unpaired) electrons. The summed E-state index contributed by atoms with van der Waals surface area (Å²) in [5, 5.41) is 3.10. The van der Waals surface area contributed by atoms with Crippen LogP contribution in [0.5, 0.6) is 5.75 Å². The molecule has 0 atom stereocenters. The Hall–Kier alpha value is -2.86. The molecule has 122 valence electrons. The van der Waals surface area contributed by atoms with Crippen molar-refractivity contribution in [1.82, 2.24) is 9.97 Å². The molecular formula is C17H13ClFN3O2. The van der Waals surface area contributed by atoms with E-state index < -0.39 is 5.82 Å². The minimum atomic E-state index is -0.503. The first-order chi connectivity index (χ1) is 11.5. The third-order valence-electron chi connectivity index (χ3n) is 3.31. The number of rotatable bonds is 4. The second kappa shape index (κ2) is 6.72. The van der Waals surface area contributed by atoms with Crippen LogP contribution in [0.2, 0.25) is 5.02 Å². The van der Waals surface area contributed by atoms with Crippen LogP contribution < -0.4 is 15.6 Å². The van der Waals surface area contributed by atoms with Gasteiger partial charge in [-0.25, -0.2) is 9.37 Å². The van der Waals surface area contributed by atoms with Gasteiger partial charge in [-0.15, -0.1) is 0 Å². The first-order valence-electron chi connectivity index (χ1n) is 7.03. The number of H-pyrrole nitrogens is 1. The van der Waals surface area contributed by atoms with E-state index >= 15 is 0 Å². The first kappa shape index (κ1) is 16.0. The largest absolute Gasteiger partial charge is 0.497 e. The van der Waals surface area contributed by atoms with Crippen molar-refractivity contribution in [3.8, 4) is 17.0 Å². The topological polar surface area (TPSA) is 67.0 Å². The Morgan fingerprint density at radius 3 is 2.62 bits per heavy atom. The normalized spacial score (nSPS) is 10.5. The highest BCUT2D eigenvalue weighted by Gasteiger charge is 2.08. The smallest absolute Gasteiger partial charge is 0.252 e. The minimum absolute atomic E-state index is 0.120. The molecule has 0 saturated carbocycles. The fourth-order valence-electron chi connectivity index (χ4n) is 2.15. The zero-order valence-corrected chi connectivity index (χ0v) is 13.4. The van der Waals surface area contributed by atoms with Crippen LogP contribution in [0.4, 0.5) is 16.0 Å². The van der Waals surface area contributed by atoms with Gasteiger partial charge in [0.25, 0.3) is 5.56 Å². The Kier molecular flexibility index (Phi) is 4.48. The van der Waals surface area contributed by atoms with E-state index in [1.54, 1.807) is 31.4 Å². The van der Waals surface area contributed by atoms with E-state index in [2.05, 4.69) is 15.3 Å². The SMILES string of the molecule is COc1ccc(-c2cc(=O)[nH]c(Nc3cc(Cl)ccc3F)n2)cc1. The van der Waals surface area contributed by atoms with Gasteiger partial charge in [0.1, 0.15) is 11.6 Å². The van der Waals surface area contributed by atoms with Crippen LogP contribution in [0, 0.1) is 5.82 Å². The van der Waals surface area contributed by atoms with Crippen molar-refractivity contribution in [3.05, 3.63) is 69.7 Å². The van der Waals surface area contributed by atoms with Crippen LogP contribution in [-0.2, 0) is 0 Å². The van der Waals surface area contributed by atoms with Gasteiger partial charge in [0, 0.05) is 16.7 Å². The Morgan fingerprint density at radius 2 is 1.92 bits per heavy atom. The van der Waals surface area contributed by atoms with Crippen LogP contribution in [0.15, 0.2) is 53.3 Å². The maximum atomic E-state index is 13.8. The van der Waals surface area contributed by atoms with Crippen LogP contribution in [-0.4, -0.2) is 17.1 Å². The van der Waals surface area contributed by atoms with Crippen LogP contribution in [0.1, 0.15) is 0 Å². The molecule has 0 amide bonds. The van der Waals surface area contributed by atoms with E-state index in [1.165, 1.54) is 24.3 Å². The maximum absolute atomic E-state index is 13.8. The third kappa shape index (κ3) is 3.55. The molecule has 24 heavy (non-hydrogen) atoms. The average molecular weight is 346 g/mol. The van der Waals surface area contributed by atoms with Gasteiger partial charge in [0.15, 0.2) is 0 Å². The molecule has 0 aliphatic carbocycles. The Labute approximate surface area is 142 Å². The monoisotopic (exact) mass is 345 g/mol. The van der Waals surface area contributed by atoms with E-state index in [0.29, 0.717) is 16.5 Å². The molecule has 3 aromatic rings. The predicted molar refractivity (Wildman–Crippen MR) is 91.5 cm³/mol. The molecule has 0 aliphatic rings. The second-order valence-electron chi connectivity index (χ2n) is 4.96. The van der Waals surface area contributed by atoms with Crippen molar-refractivity contribution in [3.63, 3.8) is 0 Å². The summed E-state index contributed by atoms with van der Waals surface area (Å²) < 4.78 is 18.9. The Bertz CT molecular complexity index is 926. The van der Waals surface area contributed by atoms with E-state index in [4.69, 9.17) is 16.3 Å². The Morgan fingerprint density at radius 1 is 1.17 bits per heavy atom. The van der Waals surface area contributed by atoms with E-state index in [1.807, 2.05) is 0 Å². The molecule has 0 aliphatic heterocycles. The van der Waals surface area contributed by atoms with Crippen molar-refractivity contribution < 1.29 is 9.13 Å². The number of halogens is 2. The standard InChI is InChI=1S/C17H13ClFN3O2/c1-24-12-5-2-10(3-6-12)14-9-16(23)22-17(20-14)21-15-8-11(18)4-7-13(15)19/h2-9H,1H3,(H2,20,21,22,23). The van der Waals surface area contributed by atoms with Gasteiger partial charge < -0.3 is 10.1 Å². The zero-order valence-electron chi connectivity index (χ0n) is 12.6. The zero-order chi connectivity index (χ0) is 17.1. The third-order valence-corrected chi connectivity index (χ3v) is 3.54. The van der Waals surface area contributed by atoms with Gasteiger partial charge in [-0.3, -0.25) is 9.78 Å². The van der Waals surface area contributed by atoms with Crippen molar-refractivity contribution >= 4 is 23.2 Å². The number of hydrogen-bond donors (Lipinski definition) is 2. The first-order valence-corrected chi connectivity index (χ1v) is 7.41. The summed E-state index contributed by atoms with van der Waals surface area (Å²) in [4.78, 5) is 18.7. The van der Waals surface area contributed by atoms with Crippen molar-refractivity contribution in [2.45, 2.75) is 0 Å². The highest BCUT2D eigenvalue weighted by atomic mass is 35.5. The molecular weight excluding hydrogens is 333 g/mol. The quantitative estimate of drug-likeness (QED) is 0.750. The number of benzene rings is 2. The number of anilines is 2. The predicted octanol–water partition coefficient (Wildman–Crippen LogP) is 3.98. The average Bonchev–Trinajstić information content (AvgIpc) is 2.58. The van der Waals surface area contributed by atoms with Crippen LogP contribution in [0.3, 0.4) is 0 Å². The van der Waals surface area contributed by atoms with Gasteiger partial charge in [-0.2, -0.15) is 0 Å². The molecule has 5 nitrogen and oxygen atoms in total. The highest BCUT2D eigenvalue weighted by Crippen LogP contribution is 2.24. The van der Waals surface area contributed by atoms with Crippen LogP contribution in [0.25, 0.3) is 11.3 Å². The molecule has 7 heteroatoms. The molecule has 1 aromatic heterocycles. The minimum Gasteiger partial charge on any atom is -0.497 e. The molecule has 0 bridgehead atoms. The van der Waals surface area contributed by atoms with Gasteiger partial charge in [-0.1, -0.05) is 11.6 Å². The number of aromatic nitrogens is 2. The summed E-state index contributed by atoms with van der Waals surface area (Å²) in [5.41, 5.74) is 0.946. The molecule has 0 unspecified atom stereocenters. The van der Waals surface area contributed by atoms with E-state index in [9.17, 15) is 9.18 Å². The number of hydrogen-bond acceptors (Lipinski definition) is 4.